The van der Waals surface area contributed by atoms with Crippen molar-refractivity contribution in [2.75, 3.05) is 6.54 Å². The van der Waals surface area contributed by atoms with Gasteiger partial charge >= 0.3 is 5.97 Å². The highest BCUT2D eigenvalue weighted by Gasteiger charge is 2.32. The third-order valence-electron chi connectivity index (χ3n) is 8.92. The van der Waals surface area contributed by atoms with E-state index in [2.05, 4.69) is 64.1 Å². The molecule has 0 saturated carbocycles. The zero-order valence-electron chi connectivity index (χ0n) is 25.1. The molecule has 1 saturated heterocycles. The molecule has 1 aromatic heterocycles. The van der Waals surface area contributed by atoms with Gasteiger partial charge in [-0.05, 0) is 90.6 Å². The standard InChI is InChI=1S/C37H37N3O4/c1-25-28(12-8-13-30(25)27-10-4-3-5-11-27)24-44-35-19-36(43-23-26-18-29(38-2)21-39-20-26)33(31-14-9-15-32(31)35)22-40-17-7-6-16-34(40)37(41)42/h3-5,8,10-13,18-21,34H,6-7,9,14-17,22-24H2,1H3,(H,41,42)/t34-/m0/s1. The molecule has 1 N–H and O–H groups in total. The fourth-order valence-electron chi connectivity index (χ4n) is 6.59. The molecule has 1 aliphatic carbocycles. The van der Waals surface area contributed by atoms with E-state index in [4.69, 9.17) is 16.0 Å². The van der Waals surface area contributed by atoms with Crippen LogP contribution < -0.4 is 9.47 Å². The van der Waals surface area contributed by atoms with E-state index >= 15 is 0 Å². The zero-order chi connectivity index (χ0) is 30.5. The van der Waals surface area contributed by atoms with Gasteiger partial charge in [0, 0.05) is 30.6 Å². The predicted molar refractivity (Wildman–Crippen MR) is 170 cm³/mol. The molecular formula is C37H37N3O4. The summed E-state index contributed by atoms with van der Waals surface area (Å²) in [6.45, 7) is 11.4. The molecule has 224 valence electrons. The van der Waals surface area contributed by atoms with Crippen molar-refractivity contribution in [1.29, 1.82) is 0 Å². The minimum Gasteiger partial charge on any atom is -0.488 e. The lowest BCUT2D eigenvalue weighted by atomic mass is 9.96. The Morgan fingerprint density at radius 3 is 2.61 bits per heavy atom. The van der Waals surface area contributed by atoms with Gasteiger partial charge in [-0.2, -0.15) is 0 Å². The van der Waals surface area contributed by atoms with E-state index in [0.29, 0.717) is 31.0 Å². The Labute approximate surface area is 258 Å². The van der Waals surface area contributed by atoms with Crippen LogP contribution in [0.5, 0.6) is 11.5 Å². The number of hydrogen-bond acceptors (Lipinski definition) is 5. The summed E-state index contributed by atoms with van der Waals surface area (Å²) in [5.74, 6) is 0.763. The number of hydrogen-bond donors (Lipinski definition) is 1. The number of piperidine rings is 1. The Hall–Kier alpha value is -4.67. The number of nitrogens with zero attached hydrogens (tertiary/aromatic N) is 3. The highest BCUT2D eigenvalue weighted by molar-refractivity contribution is 5.73. The summed E-state index contributed by atoms with van der Waals surface area (Å²) in [5, 5.41) is 9.96. The van der Waals surface area contributed by atoms with Crippen molar-refractivity contribution in [2.45, 2.75) is 71.2 Å². The molecule has 0 bridgehead atoms. The first-order valence-electron chi connectivity index (χ1n) is 15.4. The summed E-state index contributed by atoms with van der Waals surface area (Å²) in [5.41, 5.74) is 9.44. The maximum atomic E-state index is 12.1. The molecule has 1 atom stereocenters. The number of carboxylic acids is 1. The van der Waals surface area contributed by atoms with Gasteiger partial charge in [-0.3, -0.25) is 14.7 Å². The van der Waals surface area contributed by atoms with Crippen molar-refractivity contribution in [1.82, 2.24) is 9.88 Å². The van der Waals surface area contributed by atoms with E-state index in [-0.39, 0.29) is 6.61 Å². The summed E-state index contributed by atoms with van der Waals surface area (Å²) >= 11 is 0. The second-order valence-corrected chi connectivity index (χ2v) is 11.7. The number of carbonyl (C=O) groups is 1. The van der Waals surface area contributed by atoms with Gasteiger partial charge in [0.2, 0.25) is 5.69 Å². The molecule has 0 amide bonds. The van der Waals surface area contributed by atoms with Crippen LogP contribution in [0.1, 0.15) is 59.1 Å². The molecule has 3 aromatic carbocycles. The van der Waals surface area contributed by atoms with E-state index in [9.17, 15) is 9.90 Å². The predicted octanol–water partition coefficient (Wildman–Crippen LogP) is 7.69. The Balaban J connectivity index is 1.33. The number of likely N-dealkylation sites (tertiary alicyclic amines) is 1. The number of aromatic nitrogens is 1. The molecule has 0 unspecified atom stereocenters. The van der Waals surface area contributed by atoms with Crippen LogP contribution in [0, 0.1) is 13.5 Å². The van der Waals surface area contributed by atoms with Crippen LogP contribution in [-0.4, -0.2) is 33.5 Å². The van der Waals surface area contributed by atoms with Crippen LogP contribution in [-0.2, 0) is 37.4 Å². The maximum absolute atomic E-state index is 12.1. The van der Waals surface area contributed by atoms with E-state index < -0.39 is 12.0 Å². The number of rotatable bonds is 10. The lowest BCUT2D eigenvalue weighted by Crippen LogP contribution is -2.44. The summed E-state index contributed by atoms with van der Waals surface area (Å²) in [6.07, 6.45) is 8.67. The molecule has 0 spiro atoms. The molecule has 1 aliphatic heterocycles. The monoisotopic (exact) mass is 587 g/mol. The highest BCUT2D eigenvalue weighted by Crippen LogP contribution is 2.41. The van der Waals surface area contributed by atoms with Crippen molar-refractivity contribution >= 4 is 11.7 Å². The number of pyridine rings is 1. The molecule has 7 heteroatoms. The van der Waals surface area contributed by atoms with Gasteiger partial charge in [-0.1, -0.05) is 55.0 Å². The van der Waals surface area contributed by atoms with E-state index in [1.807, 2.05) is 12.1 Å². The average molecular weight is 588 g/mol. The summed E-state index contributed by atoms with van der Waals surface area (Å²) in [4.78, 5) is 21.9. The van der Waals surface area contributed by atoms with Gasteiger partial charge in [-0.25, -0.2) is 4.85 Å². The second-order valence-electron chi connectivity index (χ2n) is 11.7. The van der Waals surface area contributed by atoms with Gasteiger partial charge in [0.1, 0.15) is 30.8 Å². The highest BCUT2D eigenvalue weighted by atomic mass is 16.5. The van der Waals surface area contributed by atoms with Gasteiger partial charge in [-0.15, -0.1) is 0 Å². The Kier molecular flexibility index (Phi) is 8.90. The Morgan fingerprint density at radius 1 is 0.977 bits per heavy atom. The van der Waals surface area contributed by atoms with Gasteiger partial charge in [0.25, 0.3) is 0 Å². The first-order valence-corrected chi connectivity index (χ1v) is 15.4. The topological polar surface area (TPSA) is 76.2 Å². The summed E-state index contributed by atoms with van der Waals surface area (Å²) in [6, 6.07) is 20.0. The van der Waals surface area contributed by atoms with E-state index in [0.717, 1.165) is 61.1 Å². The minimum absolute atomic E-state index is 0.252. The van der Waals surface area contributed by atoms with Gasteiger partial charge in [0.05, 0.1) is 6.57 Å². The first kappa shape index (κ1) is 29.4. The fourth-order valence-corrected chi connectivity index (χ4v) is 6.59. The fraction of sp³-hybridized carbons (Fsp3) is 0.324. The minimum atomic E-state index is -0.765. The first-order chi connectivity index (χ1) is 21.5. The Morgan fingerprint density at radius 2 is 1.80 bits per heavy atom. The normalized spacial score (nSPS) is 16.2. The third-order valence-corrected chi connectivity index (χ3v) is 8.92. The summed E-state index contributed by atoms with van der Waals surface area (Å²) < 4.78 is 13.1. The molecule has 4 aromatic rings. The average Bonchev–Trinajstić information content (AvgIpc) is 3.55. The molecule has 44 heavy (non-hydrogen) atoms. The second kappa shape index (κ2) is 13.3. The van der Waals surface area contributed by atoms with Crippen LogP contribution in [0.4, 0.5) is 5.69 Å². The SMILES string of the molecule is [C-]#[N+]c1cncc(COc2cc(OCc3cccc(-c4ccccc4)c3C)c3c(c2CN2CCCC[C@H]2C(=O)O)CCC3)c1. The van der Waals surface area contributed by atoms with Crippen LogP contribution in [0.25, 0.3) is 16.0 Å². The van der Waals surface area contributed by atoms with Gasteiger partial charge in [0.15, 0.2) is 0 Å². The van der Waals surface area contributed by atoms with E-state index in [1.165, 1.54) is 27.8 Å². The molecule has 6 rings (SSSR count). The molecule has 2 aliphatic rings. The van der Waals surface area contributed by atoms with Crippen molar-refractivity contribution in [3.05, 3.63) is 118 Å². The van der Waals surface area contributed by atoms with Crippen molar-refractivity contribution in [3.63, 3.8) is 0 Å². The van der Waals surface area contributed by atoms with Crippen molar-refractivity contribution in [2.24, 2.45) is 0 Å². The number of carboxylic acid groups (broad SMARTS) is 1. The van der Waals surface area contributed by atoms with Crippen molar-refractivity contribution < 1.29 is 19.4 Å². The molecule has 0 radical (unpaired) electrons. The summed E-state index contributed by atoms with van der Waals surface area (Å²) in [7, 11) is 0. The Bertz CT molecular complexity index is 1700. The lowest BCUT2D eigenvalue weighted by Gasteiger charge is -2.34. The quantitative estimate of drug-likeness (QED) is 0.192. The molecule has 7 nitrogen and oxygen atoms in total. The smallest absolute Gasteiger partial charge is 0.320 e. The van der Waals surface area contributed by atoms with Crippen LogP contribution >= 0.6 is 0 Å². The number of aliphatic carboxylic acids is 1. The zero-order valence-corrected chi connectivity index (χ0v) is 25.1. The number of fused-ring (bicyclic) bond motifs is 1. The van der Waals surface area contributed by atoms with Crippen LogP contribution in [0.15, 0.2) is 73.1 Å². The lowest BCUT2D eigenvalue weighted by molar-refractivity contribution is -0.144. The van der Waals surface area contributed by atoms with Crippen LogP contribution in [0.2, 0.25) is 0 Å². The molecule has 2 heterocycles. The van der Waals surface area contributed by atoms with Crippen molar-refractivity contribution in [3.8, 4) is 22.6 Å². The largest absolute Gasteiger partial charge is 0.488 e. The number of benzene rings is 3. The number of ether oxygens (including phenoxy) is 2. The van der Waals surface area contributed by atoms with Crippen LogP contribution in [0.3, 0.4) is 0 Å². The maximum Gasteiger partial charge on any atom is 0.320 e. The molecular weight excluding hydrogens is 550 g/mol. The van der Waals surface area contributed by atoms with Gasteiger partial charge < -0.3 is 14.6 Å². The molecule has 1 fully saturated rings. The third kappa shape index (κ3) is 6.31. The van der Waals surface area contributed by atoms with E-state index in [1.54, 1.807) is 18.5 Å².